The SMILES string of the molecule is CCCCCCOc1cccc(C)c1-c1cc(-c2cc(C)n[nH]2)nc(-c2cc(C(F)(F)F)n[nH]2)c1. The van der Waals surface area contributed by atoms with Gasteiger partial charge in [-0.2, -0.15) is 23.4 Å². The number of nitrogens with zero attached hydrogens (tertiary/aromatic N) is 3. The molecule has 0 amide bonds. The molecule has 0 spiro atoms. The summed E-state index contributed by atoms with van der Waals surface area (Å²) in [7, 11) is 0. The average molecular weight is 484 g/mol. The van der Waals surface area contributed by atoms with Gasteiger partial charge in [-0.15, -0.1) is 0 Å². The lowest BCUT2D eigenvalue weighted by Gasteiger charge is -2.16. The fraction of sp³-hybridized carbons (Fsp3) is 0.346. The molecule has 35 heavy (non-hydrogen) atoms. The summed E-state index contributed by atoms with van der Waals surface area (Å²) in [4.78, 5) is 4.61. The van der Waals surface area contributed by atoms with Crippen LogP contribution in [0, 0.1) is 13.8 Å². The van der Waals surface area contributed by atoms with E-state index in [0.29, 0.717) is 23.7 Å². The van der Waals surface area contributed by atoms with Gasteiger partial charge in [-0.25, -0.2) is 4.98 Å². The van der Waals surface area contributed by atoms with Crippen molar-refractivity contribution in [3.63, 3.8) is 0 Å². The summed E-state index contributed by atoms with van der Waals surface area (Å²) in [5.74, 6) is 0.728. The Morgan fingerprint density at radius 1 is 0.886 bits per heavy atom. The molecule has 0 saturated carbocycles. The number of aromatic nitrogens is 5. The van der Waals surface area contributed by atoms with Crippen LogP contribution in [-0.2, 0) is 6.18 Å². The topological polar surface area (TPSA) is 79.5 Å². The Bertz CT molecular complexity index is 1290. The summed E-state index contributed by atoms with van der Waals surface area (Å²) in [6, 6.07) is 12.3. The van der Waals surface area contributed by atoms with Gasteiger partial charge in [-0.3, -0.25) is 10.2 Å². The zero-order valence-corrected chi connectivity index (χ0v) is 20.0. The first-order valence-electron chi connectivity index (χ1n) is 11.7. The van der Waals surface area contributed by atoms with Crippen LogP contribution >= 0.6 is 0 Å². The number of alkyl halides is 3. The monoisotopic (exact) mass is 483 g/mol. The minimum absolute atomic E-state index is 0.173. The zero-order chi connectivity index (χ0) is 25.0. The number of H-pyrrole nitrogens is 2. The lowest BCUT2D eigenvalue weighted by atomic mass is 9.97. The van der Waals surface area contributed by atoms with Gasteiger partial charge in [0.1, 0.15) is 5.75 Å². The third kappa shape index (κ3) is 5.72. The highest BCUT2D eigenvalue weighted by atomic mass is 19.4. The summed E-state index contributed by atoms with van der Waals surface area (Å²) < 4.78 is 45.7. The Kier molecular flexibility index (Phi) is 7.23. The number of hydrogen-bond donors (Lipinski definition) is 2. The highest BCUT2D eigenvalue weighted by Gasteiger charge is 2.34. The van der Waals surface area contributed by atoms with Gasteiger partial charge in [0, 0.05) is 5.56 Å². The van der Waals surface area contributed by atoms with Gasteiger partial charge < -0.3 is 4.74 Å². The van der Waals surface area contributed by atoms with Crippen molar-refractivity contribution >= 4 is 0 Å². The first-order valence-corrected chi connectivity index (χ1v) is 11.7. The molecule has 3 heterocycles. The summed E-state index contributed by atoms with van der Waals surface area (Å²) in [5.41, 5.74) is 4.15. The van der Waals surface area contributed by atoms with E-state index in [-0.39, 0.29) is 5.69 Å². The van der Waals surface area contributed by atoms with Crippen LogP contribution in [0.2, 0.25) is 0 Å². The minimum Gasteiger partial charge on any atom is -0.493 e. The van der Waals surface area contributed by atoms with Crippen molar-refractivity contribution in [3.05, 3.63) is 59.4 Å². The molecule has 0 atom stereocenters. The van der Waals surface area contributed by atoms with E-state index in [4.69, 9.17) is 4.74 Å². The van der Waals surface area contributed by atoms with Gasteiger partial charge in [0.05, 0.1) is 35.1 Å². The molecule has 0 aliphatic carbocycles. The van der Waals surface area contributed by atoms with Crippen LogP contribution in [0.5, 0.6) is 5.75 Å². The number of hydrogen-bond acceptors (Lipinski definition) is 4. The Hall–Kier alpha value is -3.62. The van der Waals surface area contributed by atoms with E-state index in [1.54, 1.807) is 6.07 Å². The fourth-order valence-corrected chi connectivity index (χ4v) is 3.94. The van der Waals surface area contributed by atoms with E-state index in [1.165, 1.54) is 0 Å². The molecule has 2 N–H and O–H groups in total. The molecule has 4 aromatic rings. The second kappa shape index (κ2) is 10.3. The number of unbranched alkanes of at least 4 members (excludes halogenated alkanes) is 3. The van der Waals surface area contributed by atoms with E-state index >= 15 is 0 Å². The molecule has 184 valence electrons. The number of halogens is 3. The van der Waals surface area contributed by atoms with Crippen molar-refractivity contribution in [1.82, 2.24) is 25.4 Å². The van der Waals surface area contributed by atoms with Crippen molar-refractivity contribution in [1.29, 1.82) is 0 Å². The second-order valence-electron chi connectivity index (χ2n) is 8.57. The largest absolute Gasteiger partial charge is 0.493 e. The van der Waals surface area contributed by atoms with Crippen molar-refractivity contribution in [2.75, 3.05) is 6.61 Å². The van der Waals surface area contributed by atoms with E-state index in [9.17, 15) is 13.2 Å². The molecule has 3 aromatic heterocycles. The quantitative estimate of drug-likeness (QED) is 0.248. The van der Waals surface area contributed by atoms with Crippen LogP contribution in [0.3, 0.4) is 0 Å². The molecule has 0 unspecified atom stereocenters. The highest BCUT2D eigenvalue weighted by Crippen LogP contribution is 2.38. The predicted molar refractivity (Wildman–Crippen MR) is 129 cm³/mol. The first-order chi connectivity index (χ1) is 16.8. The Morgan fingerprint density at radius 2 is 1.60 bits per heavy atom. The van der Waals surface area contributed by atoms with Gasteiger partial charge in [0.15, 0.2) is 5.69 Å². The maximum absolute atomic E-state index is 13.2. The van der Waals surface area contributed by atoms with E-state index in [1.807, 2.05) is 44.2 Å². The lowest BCUT2D eigenvalue weighted by Crippen LogP contribution is -2.04. The maximum atomic E-state index is 13.2. The molecule has 0 saturated heterocycles. The molecular weight excluding hydrogens is 455 g/mol. The average Bonchev–Trinajstić information content (AvgIpc) is 3.48. The molecular formula is C26H28F3N5O. The number of pyridine rings is 1. The molecule has 6 nitrogen and oxygen atoms in total. The van der Waals surface area contributed by atoms with E-state index in [2.05, 4.69) is 32.3 Å². The maximum Gasteiger partial charge on any atom is 0.435 e. The van der Waals surface area contributed by atoms with Gasteiger partial charge in [-0.1, -0.05) is 38.3 Å². The molecule has 0 bridgehead atoms. The van der Waals surface area contributed by atoms with E-state index < -0.39 is 11.9 Å². The standard InChI is InChI=1S/C26H28F3N5O/c1-4-5-6-7-11-35-23-10-8-9-16(2)25(23)18-13-19(21-12-17(3)31-32-21)30-20(14-18)22-15-24(34-33-22)26(27,28)29/h8-10,12-15H,4-7,11H2,1-3H3,(H,31,32)(H,33,34). The molecule has 0 fully saturated rings. The van der Waals surface area contributed by atoms with Crippen LogP contribution in [0.1, 0.15) is 49.6 Å². The lowest BCUT2D eigenvalue weighted by molar-refractivity contribution is -0.141. The number of rotatable bonds is 9. The zero-order valence-electron chi connectivity index (χ0n) is 20.0. The van der Waals surface area contributed by atoms with Gasteiger partial charge in [0.25, 0.3) is 0 Å². The second-order valence-corrected chi connectivity index (χ2v) is 8.57. The Labute approximate surface area is 202 Å². The van der Waals surface area contributed by atoms with Crippen LogP contribution in [0.4, 0.5) is 13.2 Å². The number of aryl methyl sites for hydroxylation is 2. The highest BCUT2D eigenvalue weighted by molar-refractivity contribution is 5.80. The van der Waals surface area contributed by atoms with E-state index in [0.717, 1.165) is 59.9 Å². The number of benzene rings is 1. The van der Waals surface area contributed by atoms with Crippen LogP contribution < -0.4 is 4.74 Å². The van der Waals surface area contributed by atoms with Gasteiger partial charge in [-0.05, 0) is 61.7 Å². The Morgan fingerprint density at radius 3 is 2.23 bits per heavy atom. The number of ether oxygens (including phenoxy) is 1. The summed E-state index contributed by atoms with van der Waals surface area (Å²) in [6.07, 6.45) is -0.189. The third-order valence-electron chi connectivity index (χ3n) is 5.73. The third-order valence-corrected chi connectivity index (χ3v) is 5.73. The van der Waals surface area contributed by atoms with Crippen molar-refractivity contribution in [2.45, 2.75) is 52.6 Å². The smallest absolute Gasteiger partial charge is 0.435 e. The van der Waals surface area contributed by atoms with Crippen LogP contribution in [0.25, 0.3) is 33.9 Å². The fourth-order valence-electron chi connectivity index (χ4n) is 3.94. The van der Waals surface area contributed by atoms with Gasteiger partial charge in [0.2, 0.25) is 0 Å². The molecule has 9 heteroatoms. The molecule has 0 aliphatic heterocycles. The summed E-state index contributed by atoms with van der Waals surface area (Å²) >= 11 is 0. The molecule has 0 radical (unpaired) electrons. The van der Waals surface area contributed by atoms with Gasteiger partial charge >= 0.3 is 6.18 Å². The normalized spacial score (nSPS) is 11.7. The van der Waals surface area contributed by atoms with Crippen LogP contribution in [0.15, 0.2) is 42.5 Å². The number of nitrogens with one attached hydrogen (secondary N) is 2. The molecule has 4 rings (SSSR count). The Balaban J connectivity index is 1.79. The van der Waals surface area contributed by atoms with Crippen molar-refractivity contribution < 1.29 is 17.9 Å². The minimum atomic E-state index is -4.55. The van der Waals surface area contributed by atoms with Crippen molar-refractivity contribution in [3.8, 4) is 39.7 Å². The summed E-state index contributed by atoms with van der Waals surface area (Å²) in [5, 5.41) is 13.0. The first kappa shape index (κ1) is 24.5. The van der Waals surface area contributed by atoms with Crippen molar-refractivity contribution in [2.24, 2.45) is 0 Å². The predicted octanol–water partition coefficient (Wildman–Crippen LogP) is 7.12. The molecule has 1 aromatic carbocycles. The summed E-state index contributed by atoms with van der Waals surface area (Å²) in [6.45, 7) is 6.59. The molecule has 0 aliphatic rings. The number of aromatic amines is 2. The van der Waals surface area contributed by atoms with Crippen LogP contribution in [-0.4, -0.2) is 32.0 Å².